The number of carbonyl (C=O) groups excluding carboxylic acids is 2. The Kier molecular flexibility index (Phi) is 11.5. The second kappa shape index (κ2) is 16.1. The van der Waals surface area contributed by atoms with Crippen LogP contribution in [0.4, 0.5) is 10.5 Å². The van der Waals surface area contributed by atoms with Gasteiger partial charge in [-0.15, -0.1) is 0 Å². The van der Waals surface area contributed by atoms with Crippen LogP contribution in [0.1, 0.15) is 51.4 Å². The third kappa shape index (κ3) is 8.34. The smallest absolute Gasteiger partial charge is 0.414 e. The summed E-state index contributed by atoms with van der Waals surface area (Å²) in [6.45, 7) is 5.27. The van der Waals surface area contributed by atoms with E-state index in [-0.39, 0.29) is 31.3 Å². The fourth-order valence-electron chi connectivity index (χ4n) is 6.78. The number of ether oxygens (including phenoxy) is 4. The van der Waals surface area contributed by atoms with Gasteiger partial charge in [0.05, 0.1) is 32.9 Å². The van der Waals surface area contributed by atoms with E-state index < -0.39 is 5.97 Å². The van der Waals surface area contributed by atoms with Crippen molar-refractivity contribution in [3.63, 3.8) is 0 Å². The molecule has 4 aromatic rings. The molecular formula is C39H42Cl2N3O6+. The van der Waals surface area contributed by atoms with E-state index in [1.165, 1.54) is 0 Å². The number of esters is 1. The Labute approximate surface area is 303 Å². The maximum Gasteiger partial charge on any atom is 0.414 e. The zero-order chi connectivity index (χ0) is 35.2. The van der Waals surface area contributed by atoms with Crippen LogP contribution in [0, 0.1) is 12.8 Å². The molecule has 0 aliphatic carbocycles. The maximum atomic E-state index is 13.7. The summed E-state index contributed by atoms with van der Waals surface area (Å²) in [5.74, 6) is 0.784. The summed E-state index contributed by atoms with van der Waals surface area (Å²) in [6, 6.07) is 20.5. The summed E-state index contributed by atoms with van der Waals surface area (Å²) in [7, 11) is 3.15. The number of H-pyrrole nitrogens is 1. The number of hydrogen-bond donors (Lipinski definition) is 0. The Bertz CT molecular complexity index is 1790. The predicted molar refractivity (Wildman–Crippen MR) is 193 cm³/mol. The number of hydrogen-bond acceptors (Lipinski definition) is 7. The molecule has 9 nitrogen and oxygen atoms in total. The van der Waals surface area contributed by atoms with Crippen LogP contribution in [0.5, 0.6) is 11.5 Å². The molecule has 2 atom stereocenters. The highest BCUT2D eigenvalue weighted by Gasteiger charge is 2.37. The minimum Gasteiger partial charge on any atom is -0.493 e. The van der Waals surface area contributed by atoms with Gasteiger partial charge in [-0.1, -0.05) is 53.5 Å². The monoisotopic (exact) mass is 718 g/mol. The summed E-state index contributed by atoms with van der Waals surface area (Å²) < 4.78 is 23.0. The van der Waals surface area contributed by atoms with Gasteiger partial charge < -0.3 is 18.9 Å². The van der Waals surface area contributed by atoms with Gasteiger partial charge in [0.1, 0.15) is 16.1 Å². The highest BCUT2D eigenvalue weighted by atomic mass is 35.5. The number of aromatic amines is 1. The van der Waals surface area contributed by atoms with Crippen molar-refractivity contribution in [2.45, 2.75) is 44.8 Å². The number of halogens is 2. The molecule has 1 amide bonds. The molecule has 1 N–H and O–H groups in total. The number of nitrogens with one attached hydrogen (secondary N) is 1. The molecule has 3 fully saturated rings. The highest BCUT2D eigenvalue weighted by Crippen LogP contribution is 2.35. The number of carbonyl (C=O) groups is 2. The Balaban J connectivity index is 1.16. The molecule has 1 aromatic heterocycles. The standard InChI is InChI=1S/C39H41Cl2N3O6/c1-25-5-4-6-31(17-25)44(39(46)50-37-23-43-15-13-27(37)14-16-43)22-26-7-9-28(10-8-26)38(45)49-24-30(18-32-33(40)20-42-21-34(32)41)29-11-12-35(47-2)36(19-29)48-3/h4-12,17,19-21,27,30,37H,13-16,18,22-24H2,1-3H3/p+1/t30-,37+/m1/s1. The van der Waals surface area contributed by atoms with Crippen LogP contribution in [-0.2, 0) is 22.4 Å². The number of benzene rings is 3. The van der Waals surface area contributed by atoms with Crippen molar-refractivity contribution in [2.75, 3.05) is 45.4 Å². The van der Waals surface area contributed by atoms with Crippen LogP contribution < -0.4 is 19.4 Å². The Hall–Kier alpha value is -4.31. The van der Waals surface area contributed by atoms with Crippen LogP contribution in [0.3, 0.4) is 0 Å². The number of aromatic nitrogens is 1. The Morgan fingerprint density at radius 3 is 2.30 bits per heavy atom. The molecule has 3 saturated heterocycles. The summed E-state index contributed by atoms with van der Waals surface area (Å²) >= 11 is 13.0. The van der Waals surface area contributed by atoms with Crippen molar-refractivity contribution in [1.82, 2.24) is 4.90 Å². The average molecular weight is 720 g/mol. The second-order valence-electron chi connectivity index (χ2n) is 12.9. The molecule has 4 heterocycles. The van der Waals surface area contributed by atoms with Crippen LogP contribution in [0.2, 0.25) is 10.0 Å². The first-order valence-electron chi connectivity index (χ1n) is 16.8. The SMILES string of the molecule is COc1ccc([C@@H](COC(=O)c2ccc(CN(C(=O)O[C@H]3CN4CCC3CC4)c3cccc(C)c3)cc2)Cc2c(Cl)c[nH+]cc2Cl)cc1OC. The topological polar surface area (TPSA) is 91.7 Å². The van der Waals surface area contributed by atoms with Crippen molar-refractivity contribution < 1.29 is 33.5 Å². The number of fused-ring (bicyclic) bond motifs is 3. The number of rotatable bonds is 12. The fraction of sp³-hybridized carbons (Fsp3) is 0.359. The predicted octanol–water partition coefficient (Wildman–Crippen LogP) is 7.55. The molecule has 0 unspecified atom stereocenters. The molecule has 0 radical (unpaired) electrons. The third-order valence-corrected chi connectivity index (χ3v) is 10.3. The van der Waals surface area contributed by atoms with E-state index in [0.29, 0.717) is 39.4 Å². The van der Waals surface area contributed by atoms with Crippen LogP contribution in [0.15, 0.2) is 79.1 Å². The van der Waals surface area contributed by atoms with E-state index >= 15 is 0 Å². The lowest BCUT2D eigenvalue weighted by atomic mass is 9.86. The van der Waals surface area contributed by atoms with Gasteiger partial charge in [-0.05, 0) is 98.3 Å². The minimum atomic E-state index is -0.474. The summed E-state index contributed by atoms with van der Waals surface area (Å²) in [4.78, 5) is 34.0. The van der Waals surface area contributed by atoms with Crippen molar-refractivity contribution in [3.05, 3.63) is 117 Å². The van der Waals surface area contributed by atoms with E-state index in [1.807, 2.05) is 61.5 Å². The largest absolute Gasteiger partial charge is 0.493 e. The van der Waals surface area contributed by atoms with Gasteiger partial charge in [0.25, 0.3) is 0 Å². The summed E-state index contributed by atoms with van der Waals surface area (Å²) in [5.41, 5.74) is 4.65. The van der Waals surface area contributed by atoms with Gasteiger partial charge in [-0.2, -0.15) is 0 Å². The first-order valence-corrected chi connectivity index (χ1v) is 17.6. The molecule has 262 valence electrons. The second-order valence-corrected chi connectivity index (χ2v) is 13.7. The van der Waals surface area contributed by atoms with Crippen molar-refractivity contribution in [3.8, 4) is 11.5 Å². The van der Waals surface area contributed by atoms with Gasteiger partial charge >= 0.3 is 12.1 Å². The summed E-state index contributed by atoms with van der Waals surface area (Å²) in [6.07, 6.45) is 5.39. The fourth-order valence-corrected chi connectivity index (χ4v) is 7.31. The number of methoxy groups -OCH3 is 2. The van der Waals surface area contributed by atoms with E-state index in [2.05, 4.69) is 9.88 Å². The highest BCUT2D eigenvalue weighted by molar-refractivity contribution is 6.35. The van der Waals surface area contributed by atoms with E-state index in [0.717, 1.165) is 60.4 Å². The molecule has 2 bridgehead atoms. The zero-order valence-electron chi connectivity index (χ0n) is 28.5. The number of aryl methyl sites for hydroxylation is 1. The molecule has 3 aromatic carbocycles. The molecule has 0 saturated carbocycles. The minimum absolute atomic E-state index is 0.0634. The molecule has 3 aliphatic heterocycles. The lowest BCUT2D eigenvalue weighted by Crippen LogP contribution is -2.53. The van der Waals surface area contributed by atoms with Crippen molar-refractivity contribution in [1.29, 1.82) is 0 Å². The van der Waals surface area contributed by atoms with Crippen molar-refractivity contribution >= 4 is 41.0 Å². The first kappa shape index (κ1) is 35.5. The lowest BCUT2D eigenvalue weighted by Gasteiger charge is -2.44. The number of nitrogens with zero attached hydrogens (tertiary/aromatic N) is 2. The van der Waals surface area contributed by atoms with Crippen LogP contribution in [0.25, 0.3) is 0 Å². The van der Waals surface area contributed by atoms with Crippen LogP contribution in [-0.4, -0.2) is 63.5 Å². The number of piperidine rings is 3. The lowest BCUT2D eigenvalue weighted by molar-refractivity contribution is -0.377. The Morgan fingerprint density at radius 1 is 0.940 bits per heavy atom. The molecule has 7 rings (SSSR count). The quantitative estimate of drug-likeness (QED) is 0.140. The van der Waals surface area contributed by atoms with Gasteiger partial charge in [-0.3, -0.25) is 9.80 Å². The third-order valence-electron chi connectivity index (χ3n) is 9.65. The Morgan fingerprint density at radius 2 is 1.66 bits per heavy atom. The van der Waals surface area contributed by atoms with Gasteiger partial charge in [0, 0.05) is 23.7 Å². The van der Waals surface area contributed by atoms with E-state index in [4.69, 9.17) is 42.1 Å². The first-order chi connectivity index (χ1) is 24.2. The number of pyridine rings is 1. The van der Waals surface area contributed by atoms with Gasteiger partial charge in [0.2, 0.25) is 0 Å². The molecule has 50 heavy (non-hydrogen) atoms. The summed E-state index contributed by atoms with van der Waals surface area (Å²) in [5, 5.41) is 0.967. The molecular weight excluding hydrogens is 677 g/mol. The van der Waals surface area contributed by atoms with Crippen LogP contribution >= 0.6 is 23.2 Å². The van der Waals surface area contributed by atoms with E-state index in [9.17, 15) is 9.59 Å². The normalized spacial score (nSPS) is 18.6. The van der Waals surface area contributed by atoms with Gasteiger partial charge in [0.15, 0.2) is 23.9 Å². The molecule has 11 heteroatoms. The van der Waals surface area contributed by atoms with Crippen molar-refractivity contribution in [2.24, 2.45) is 5.92 Å². The number of amides is 1. The molecule has 3 aliphatic rings. The van der Waals surface area contributed by atoms with E-state index in [1.54, 1.807) is 43.6 Å². The number of anilines is 1. The van der Waals surface area contributed by atoms with Gasteiger partial charge in [-0.25, -0.2) is 14.6 Å². The molecule has 0 spiro atoms. The maximum absolute atomic E-state index is 13.7. The average Bonchev–Trinajstić information content (AvgIpc) is 3.13. The zero-order valence-corrected chi connectivity index (χ0v) is 30.0.